The Morgan fingerprint density at radius 3 is 2.83 bits per heavy atom. The number of nitro groups is 1. The monoisotopic (exact) mass is 416 g/mol. The van der Waals surface area contributed by atoms with Crippen molar-refractivity contribution in [2.24, 2.45) is 0 Å². The fourth-order valence-electron chi connectivity index (χ4n) is 2.48. The van der Waals surface area contributed by atoms with Crippen LogP contribution in [0.1, 0.15) is 16.8 Å². The lowest BCUT2D eigenvalue weighted by molar-refractivity contribution is -0.383. The number of rotatable bonds is 9. The Labute approximate surface area is 170 Å². The van der Waals surface area contributed by atoms with Crippen LogP contribution in [0.15, 0.2) is 49.3 Å². The molecule has 0 aliphatic rings. The molecule has 0 bridgehead atoms. The fraction of sp³-hybridized carbons (Fsp3) is 0.176. The Morgan fingerprint density at radius 1 is 1.28 bits per heavy atom. The predicted octanol–water partition coefficient (Wildman–Crippen LogP) is 2.49. The highest BCUT2D eigenvalue weighted by molar-refractivity contribution is 6.30. The standard InChI is InChI=1S/C17H17ClN8O3/c18-13-4-1-3-12(9-13)17(27)24-23-16-14(26(28)29)15(21-10-22-16)20-5-2-7-25-8-6-19-11-25/h1,3-4,6,8-11H,2,5,7H2,(H,24,27)(H2,20,21,22,23). The Morgan fingerprint density at radius 2 is 2.10 bits per heavy atom. The molecule has 0 unspecified atom stereocenters. The van der Waals surface area contributed by atoms with E-state index in [1.165, 1.54) is 12.4 Å². The van der Waals surface area contributed by atoms with Crippen molar-refractivity contribution in [1.82, 2.24) is 24.9 Å². The lowest BCUT2D eigenvalue weighted by Gasteiger charge is -2.11. The number of aryl methyl sites for hydroxylation is 1. The number of hydrogen-bond donors (Lipinski definition) is 3. The molecule has 0 aliphatic carbocycles. The fourth-order valence-corrected chi connectivity index (χ4v) is 2.67. The van der Waals surface area contributed by atoms with E-state index >= 15 is 0 Å². The lowest BCUT2D eigenvalue weighted by atomic mass is 10.2. The molecular weight excluding hydrogens is 400 g/mol. The molecule has 3 aromatic rings. The number of aromatic nitrogens is 4. The summed E-state index contributed by atoms with van der Waals surface area (Å²) in [6.45, 7) is 1.15. The van der Waals surface area contributed by atoms with Crippen LogP contribution in [-0.4, -0.2) is 36.9 Å². The summed E-state index contributed by atoms with van der Waals surface area (Å²) < 4.78 is 1.90. The van der Waals surface area contributed by atoms with Gasteiger partial charge in [0, 0.05) is 36.1 Å². The zero-order valence-electron chi connectivity index (χ0n) is 15.1. The average molecular weight is 417 g/mol. The minimum Gasteiger partial charge on any atom is -0.364 e. The van der Waals surface area contributed by atoms with Gasteiger partial charge >= 0.3 is 5.69 Å². The molecule has 0 fully saturated rings. The van der Waals surface area contributed by atoms with Crippen LogP contribution >= 0.6 is 11.6 Å². The predicted molar refractivity (Wildman–Crippen MR) is 107 cm³/mol. The maximum absolute atomic E-state index is 12.2. The van der Waals surface area contributed by atoms with Crippen LogP contribution in [0.3, 0.4) is 0 Å². The second-order valence-corrected chi connectivity index (χ2v) is 6.28. The molecule has 0 saturated carbocycles. The summed E-state index contributed by atoms with van der Waals surface area (Å²) in [5.41, 5.74) is 4.77. The highest BCUT2D eigenvalue weighted by Gasteiger charge is 2.23. The number of carbonyl (C=O) groups is 1. The van der Waals surface area contributed by atoms with E-state index in [1.54, 1.807) is 30.7 Å². The van der Waals surface area contributed by atoms with Gasteiger partial charge in [-0.1, -0.05) is 17.7 Å². The summed E-state index contributed by atoms with van der Waals surface area (Å²) >= 11 is 5.86. The first kappa shape index (κ1) is 20.0. The molecule has 11 nitrogen and oxygen atoms in total. The molecule has 150 valence electrons. The molecule has 0 saturated heterocycles. The molecule has 0 spiro atoms. The van der Waals surface area contributed by atoms with Crippen molar-refractivity contribution in [3.05, 3.63) is 70.0 Å². The van der Waals surface area contributed by atoms with Gasteiger partial charge in [-0.15, -0.1) is 0 Å². The minimum absolute atomic E-state index is 0.0511. The van der Waals surface area contributed by atoms with Gasteiger partial charge < -0.3 is 9.88 Å². The van der Waals surface area contributed by atoms with Gasteiger partial charge in [-0.3, -0.25) is 25.8 Å². The number of hydrazine groups is 1. The van der Waals surface area contributed by atoms with Gasteiger partial charge in [-0.05, 0) is 24.6 Å². The number of hydrogen-bond acceptors (Lipinski definition) is 8. The van der Waals surface area contributed by atoms with Crippen LogP contribution in [0.2, 0.25) is 5.02 Å². The Hall–Kier alpha value is -3.73. The third kappa shape index (κ3) is 5.39. The summed E-state index contributed by atoms with van der Waals surface area (Å²) in [4.78, 5) is 34.8. The summed E-state index contributed by atoms with van der Waals surface area (Å²) in [5.74, 6) is -0.608. The van der Waals surface area contributed by atoms with Gasteiger partial charge in [0.05, 0.1) is 11.3 Å². The first-order chi connectivity index (χ1) is 14.0. The summed E-state index contributed by atoms with van der Waals surface area (Å²) in [7, 11) is 0. The zero-order valence-corrected chi connectivity index (χ0v) is 15.8. The lowest BCUT2D eigenvalue weighted by Crippen LogP contribution is -2.30. The summed E-state index contributed by atoms with van der Waals surface area (Å²) in [6.07, 6.45) is 7.07. The van der Waals surface area contributed by atoms with Crippen molar-refractivity contribution in [1.29, 1.82) is 0 Å². The van der Waals surface area contributed by atoms with E-state index in [1.807, 2.05) is 10.8 Å². The normalized spacial score (nSPS) is 10.4. The number of amides is 1. The van der Waals surface area contributed by atoms with Crippen LogP contribution < -0.4 is 16.2 Å². The summed E-state index contributed by atoms with van der Waals surface area (Å²) in [5, 5.41) is 14.8. The van der Waals surface area contributed by atoms with E-state index in [0.29, 0.717) is 30.1 Å². The van der Waals surface area contributed by atoms with Crippen molar-refractivity contribution in [2.45, 2.75) is 13.0 Å². The van der Waals surface area contributed by atoms with Crippen LogP contribution in [0.5, 0.6) is 0 Å². The highest BCUT2D eigenvalue weighted by atomic mass is 35.5. The number of benzene rings is 1. The van der Waals surface area contributed by atoms with Crippen molar-refractivity contribution >= 4 is 34.8 Å². The van der Waals surface area contributed by atoms with E-state index in [2.05, 4.69) is 31.1 Å². The molecule has 0 atom stereocenters. The van der Waals surface area contributed by atoms with Gasteiger partial charge in [-0.25, -0.2) is 15.0 Å². The van der Waals surface area contributed by atoms with E-state index in [9.17, 15) is 14.9 Å². The second kappa shape index (κ2) is 9.46. The SMILES string of the molecule is O=C(NNc1ncnc(NCCCn2ccnc2)c1[N+](=O)[O-])c1cccc(Cl)c1. The average Bonchev–Trinajstić information content (AvgIpc) is 3.22. The highest BCUT2D eigenvalue weighted by Crippen LogP contribution is 2.28. The van der Waals surface area contributed by atoms with Gasteiger partial charge in [0.2, 0.25) is 11.6 Å². The van der Waals surface area contributed by atoms with Gasteiger partial charge in [-0.2, -0.15) is 0 Å². The molecule has 3 N–H and O–H groups in total. The van der Waals surface area contributed by atoms with Crippen molar-refractivity contribution in [2.75, 3.05) is 17.3 Å². The number of halogens is 1. The number of imidazole rings is 1. The number of anilines is 2. The largest absolute Gasteiger partial charge is 0.364 e. The summed E-state index contributed by atoms with van der Waals surface area (Å²) in [6, 6.07) is 6.28. The first-order valence-electron chi connectivity index (χ1n) is 8.55. The third-order valence-electron chi connectivity index (χ3n) is 3.83. The molecular formula is C17H17ClN8O3. The molecule has 2 heterocycles. The first-order valence-corrected chi connectivity index (χ1v) is 8.93. The van der Waals surface area contributed by atoms with Crippen LogP contribution in [0.4, 0.5) is 17.3 Å². The topological polar surface area (TPSA) is 140 Å². The van der Waals surface area contributed by atoms with E-state index < -0.39 is 10.8 Å². The number of nitrogens with zero attached hydrogens (tertiary/aromatic N) is 5. The van der Waals surface area contributed by atoms with E-state index in [4.69, 9.17) is 11.6 Å². The molecule has 2 aromatic heterocycles. The van der Waals surface area contributed by atoms with Gasteiger partial charge in [0.15, 0.2) is 0 Å². The molecule has 1 amide bonds. The van der Waals surface area contributed by atoms with Crippen LogP contribution in [-0.2, 0) is 6.54 Å². The maximum atomic E-state index is 12.2. The van der Waals surface area contributed by atoms with Gasteiger partial charge in [0.1, 0.15) is 6.33 Å². The minimum atomic E-state index is -0.619. The number of carbonyl (C=O) groups excluding carboxylic acids is 1. The zero-order chi connectivity index (χ0) is 20.6. The Bertz CT molecular complexity index is 996. The third-order valence-corrected chi connectivity index (χ3v) is 4.07. The molecule has 29 heavy (non-hydrogen) atoms. The molecule has 12 heteroatoms. The molecule has 0 aliphatic heterocycles. The van der Waals surface area contributed by atoms with Crippen LogP contribution in [0, 0.1) is 10.1 Å². The van der Waals surface area contributed by atoms with E-state index in [0.717, 1.165) is 0 Å². The maximum Gasteiger partial charge on any atom is 0.354 e. The van der Waals surface area contributed by atoms with Gasteiger partial charge in [0.25, 0.3) is 5.91 Å². The number of nitrogens with one attached hydrogen (secondary N) is 3. The van der Waals surface area contributed by atoms with Crippen molar-refractivity contribution in [3.63, 3.8) is 0 Å². The molecule has 0 radical (unpaired) electrons. The van der Waals surface area contributed by atoms with Crippen molar-refractivity contribution in [3.8, 4) is 0 Å². The second-order valence-electron chi connectivity index (χ2n) is 5.85. The van der Waals surface area contributed by atoms with Crippen molar-refractivity contribution < 1.29 is 9.72 Å². The molecule has 3 rings (SSSR count). The smallest absolute Gasteiger partial charge is 0.354 e. The quantitative estimate of drug-likeness (QED) is 0.274. The Kier molecular flexibility index (Phi) is 6.53. The van der Waals surface area contributed by atoms with E-state index in [-0.39, 0.29) is 17.3 Å². The van der Waals surface area contributed by atoms with Crippen LogP contribution in [0.25, 0.3) is 0 Å². The Balaban J connectivity index is 1.64. The molecule has 1 aromatic carbocycles.